The Morgan fingerprint density at radius 2 is 1.83 bits per heavy atom. The van der Waals surface area contributed by atoms with Gasteiger partial charge in [0, 0.05) is 12.7 Å². The van der Waals surface area contributed by atoms with Crippen LogP contribution < -0.4 is 15.4 Å². The average molecular weight is 452 g/mol. The van der Waals surface area contributed by atoms with E-state index in [0.29, 0.717) is 22.0 Å². The van der Waals surface area contributed by atoms with Gasteiger partial charge in [-0.2, -0.15) is 15.2 Å². The SMILES string of the molecule is COc1nc(-n2nccn2)c(Cl)cc1NC(=O)Nc1cnc(C)c(Cl)c1C(C)OC. The van der Waals surface area contributed by atoms with Crippen molar-refractivity contribution < 1.29 is 14.3 Å². The molecule has 0 aliphatic rings. The zero-order valence-electron chi connectivity index (χ0n) is 16.6. The van der Waals surface area contributed by atoms with Gasteiger partial charge in [0.25, 0.3) is 0 Å². The number of urea groups is 1. The van der Waals surface area contributed by atoms with Crippen LogP contribution in [0.1, 0.15) is 24.3 Å². The number of anilines is 2. The molecule has 0 aliphatic carbocycles. The van der Waals surface area contributed by atoms with E-state index in [1.165, 1.54) is 36.6 Å². The van der Waals surface area contributed by atoms with Crippen LogP contribution in [-0.2, 0) is 4.74 Å². The zero-order valence-corrected chi connectivity index (χ0v) is 18.1. The number of carbonyl (C=O) groups excluding carboxylic acids is 1. The molecule has 12 heteroatoms. The Bertz CT molecular complexity index is 1060. The number of halogens is 2. The zero-order chi connectivity index (χ0) is 21.8. The van der Waals surface area contributed by atoms with Gasteiger partial charge in [-0.15, -0.1) is 4.80 Å². The van der Waals surface area contributed by atoms with Crippen LogP contribution in [0, 0.1) is 6.92 Å². The number of aromatic nitrogens is 5. The van der Waals surface area contributed by atoms with Gasteiger partial charge in [0.2, 0.25) is 5.88 Å². The first kappa shape index (κ1) is 21.8. The van der Waals surface area contributed by atoms with Crippen LogP contribution in [0.25, 0.3) is 5.82 Å². The summed E-state index contributed by atoms with van der Waals surface area (Å²) in [6, 6.07) is 0.924. The van der Waals surface area contributed by atoms with Crippen molar-refractivity contribution in [3.63, 3.8) is 0 Å². The van der Waals surface area contributed by atoms with Crippen molar-refractivity contribution >= 4 is 40.6 Å². The highest BCUT2D eigenvalue weighted by atomic mass is 35.5. The van der Waals surface area contributed by atoms with Crippen molar-refractivity contribution in [2.75, 3.05) is 24.9 Å². The van der Waals surface area contributed by atoms with Gasteiger partial charge in [-0.05, 0) is 19.9 Å². The van der Waals surface area contributed by atoms with Crippen LogP contribution in [0.15, 0.2) is 24.7 Å². The van der Waals surface area contributed by atoms with E-state index < -0.39 is 6.03 Å². The Morgan fingerprint density at radius 1 is 1.17 bits per heavy atom. The Hall–Kier alpha value is -2.95. The third kappa shape index (κ3) is 4.45. The summed E-state index contributed by atoms with van der Waals surface area (Å²) in [6.45, 7) is 3.59. The number of amides is 2. The Morgan fingerprint density at radius 3 is 2.47 bits per heavy atom. The first-order valence-electron chi connectivity index (χ1n) is 8.72. The fraction of sp³-hybridized carbons (Fsp3) is 0.278. The molecular formula is C18H19Cl2N7O3. The first-order valence-corrected chi connectivity index (χ1v) is 9.48. The molecule has 158 valence electrons. The highest BCUT2D eigenvalue weighted by Crippen LogP contribution is 2.34. The lowest BCUT2D eigenvalue weighted by Crippen LogP contribution is -2.22. The van der Waals surface area contributed by atoms with Crippen LogP contribution in [0.4, 0.5) is 16.2 Å². The summed E-state index contributed by atoms with van der Waals surface area (Å²) in [5.41, 5.74) is 1.91. The summed E-state index contributed by atoms with van der Waals surface area (Å²) in [7, 11) is 2.97. The second kappa shape index (κ2) is 9.24. The largest absolute Gasteiger partial charge is 0.479 e. The van der Waals surface area contributed by atoms with E-state index in [-0.39, 0.29) is 28.5 Å². The highest BCUT2D eigenvalue weighted by molar-refractivity contribution is 6.33. The third-order valence-corrected chi connectivity index (χ3v) is 4.97. The van der Waals surface area contributed by atoms with E-state index in [1.54, 1.807) is 14.0 Å². The predicted octanol–water partition coefficient (Wildman–Crippen LogP) is 4.03. The number of nitrogens with one attached hydrogen (secondary N) is 2. The predicted molar refractivity (Wildman–Crippen MR) is 113 cm³/mol. The third-order valence-electron chi connectivity index (χ3n) is 4.21. The average Bonchev–Trinajstić information content (AvgIpc) is 3.25. The number of ether oxygens (including phenoxy) is 2. The molecule has 1 atom stereocenters. The maximum Gasteiger partial charge on any atom is 0.323 e. The molecule has 0 bridgehead atoms. The molecule has 0 fully saturated rings. The van der Waals surface area contributed by atoms with Crippen LogP contribution in [0.5, 0.6) is 5.88 Å². The minimum absolute atomic E-state index is 0.132. The summed E-state index contributed by atoms with van der Waals surface area (Å²) in [5, 5.41) is 14.0. The Kier molecular flexibility index (Phi) is 6.70. The molecule has 0 saturated carbocycles. The summed E-state index contributed by atoms with van der Waals surface area (Å²) in [4.78, 5) is 22.4. The van der Waals surface area contributed by atoms with Gasteiger partial charge in [0.05, 0.1) is 53.2 Å². The molecule has 0 radical (unpaired) electrons. The summed E-state index contributed by atoms with van der Waals surface area (Å²) in [6.07, 6.45) is 4.13. The van der Waals surface area contributed by atoms with Gasteiger partial charge in [0.1, 0.15) is 5.69 Å². The molecule has 3 aromatic rings. The normalized spacial score (nSPS) is 11.8. The minimum Gasteiger partial charge on any atom is -0.479 e. The van der Waals surface area contributed by atoms with Crippen LogP contribution in [-0.4, -0.2) is 45.2 Å². The molecule has 0 saturated heterocycles. The van der Waals surface area contributed by atoms with E-state index in [2.05, 4.69) is 30.8 Å². The van der Waals surface area contributed by atoms with Crippen LogP contribution >= 0.6 is 23.2 Å². The fourth-order valence-electron chi connectivity index (χ4n) is 2.66. The van der Waals surface area contributed by atoms with Crippen LogP contribution in [0.3, 0.4) is 0 Å². The molecule has 3 heterocycles. The van der Waals surface area contributed by atoms with Crippen molar-refractivity contribution in [1.82, 2.24) is 25.0 Å². The molecule has 3 rings (SSSR count). The lowest BCUT2D eigenvalue weighted by Gasteiger charge is -2.19. The molecule has 3 aromatic heterocycles. The van der Waals surface area contributed by atoms with E-state index in [4.69, 9.17) is 32.7 Å². The molecule has 2 amide bonds. The van der Waals surface area contributed by atoms with E-state index >= 15 is 0 Å². The highest BCUT2D eigenvalue weighted by Gasteiger charge is 2.20. The number of carbonyl (C=O) groups is 1. The number of nitrogens with zero attached hydrogens (tertiary/aromatic N) is 5. The fourth-order valence-corrected chi connectivity index (χ4v) is 3.20. The second-order valence-corrected chi connectivity index (χ2v) is 6.90. The number of rotatable bonds is 6. The number of pyridine rings is 2. The van der Waals surface area contributed by atoms with Gasteiger partial charge in [0.15, 0.2) is 5.82 Å². The standard InChI is InChI=1S/C18H19Cl2N7O3/c1-9-15(20)14(10(2)29-3)13(8-21-9)25-18(28)24-12-7-11(19)16(26-17(12)30-4)27-22-5-6-23-27/h5-8,10H,1-4H3,(H2,24,25,28). The van der Waals surface area contributed by atoms with Crippen molar-refractivity contribution in [3.05, 3.63) is 46.0 Å². The molecule has 0 aromatic carbocycles. The minimum atomic E-state index is -0.567. The van der Waals surface area contributed by atoms with Gasteiger partial charge >= 0.3 is 6.03 Å². The van der Waals surface area contributed by atoms with E-state index in [1.807, 2.05) is 6.92 Å². The van der Waals surface area contributed by atoms with Crippen molar-refractivity contribution in [2.45, 2.75) is 20.0 Å². The molecule has 30 heavy (non-hydrogen) atoms. The lowest BCUT2D eigenvalue weighted by molar-refractivity contribution is 0.120. The molecule has 10 nitrogen and oxygen atoms in total. The quantitative estimate of drug-likeness (QED) is 0.580. The number of methoxy groups -OCH3 is 2. The van der Waals surface area contributed by atoms with Crippen molar-refractivity contribution in [2.24, 2.45) is 0 Å². The number of aryl methyl sites for hydroxylation is 1. The number of hydrogen-bond acceptors (Lipinski definition) is 7. The van der Waals surface area contributed by atoms with Gasteiger partial charge in [-0.25, -0.2) is 4.79 Å². The molecule has 1 unspecified atom stereocenters. The summed E-state index contributed by atoms with van der Waals surface area (Å²) in [5.74, 6) is 0.391. The van der Waals surface area contributed by atoms with Gasteiger partial charge in [-0.1, -0.05) is 23.2 Å². The molecule has 2 N–H and O–H groups in total. The monoisotopic (exact) mass is 451 g/mol. The Labute approximate surface area is 182 Å². The lowest BCUT2D eigenvalue weighted by atomic mass is 10.1. The smallest absolute Gasteiger partial charge is 0.323 e. The summed E-state index contributed by atoms with van der Waals surface area (Å²) >= 11 is 12.7. The van der Waals surface area contributed by atoms with Crippen molar-refractivity contribution in [1.29, 1.82) is 0 Å². The number of hydrogen-bond donors (Lipinski definition) is 2. The summed E-state index contributed by atoms with van der Waals surface area (Å²) < 4.78 is 10.6. The van der Waals surface area contributed by atoms with Crippen LogP contribution in [0.2, 0.25) is 10.0 Å². The maximum absolute atomic E-state index is 12.6. The maximum atomic E-state index is 12.6. The van der Waals surface area contributed by atoms with Gasteiger partial charge < -0.3 is 20.1 Å². The van der Waals surface area contributed by atoms with E-state index in [9.17, 15) is 4.79 Å². The molecule has 0 spiro atoms. The second-order valence-electron chi connectivity index (χ2n) is 6.11. The molecule has 0 aliphatic heterocycles. The molecular weight excluding hydrogens is 433 g/mol. The van der Waals surface area contributed by atoms with Crippen molar-refractivity contribution in [3.8, 4) is 11.7 Å². The first-order chi connectivity index (χ1) is 14.3. The van der Waals surface area contributed by atoms with E-state index in [0.717, 1.165) is 0 Å². The topological polar surface area (TPSA) is 116 Å². The Balaban J connectivity index is 1.87. The van der Waals surface area contributed by atoms with Gasteiger partial charge in [-0.3, -0.25) is 4.98 Å².